The van der Waals surface area contributed by atoms with Crippen LogP contribution in [-0.4, -0.2) is 14.7 Å². The van der Waals surface area contributed by atoms with Crippen molar-refractivity contribution in [3.8, 4) is 17.5 Å². The van der Waals surface area contributed by atoms with Gasteiger partial charge in [0, 0.05) is 25.0 Å². The van der Waals surface area contributed by atoms with Crippen LogP contribution < -0.4 is 4.74 Å². The largest absolute Gasteiger partial charge is 0.508 e. The number of imidazole rings is 1. The maximum atomic E-state index is 9.26. The normalized spacial score (nSPS) is 10.2. The Hall–Kier alpha value is -1.97. The summed E-state index contributed by atoms with van der Waals surface area (Å²) in [6.07, 6.45) is 3.53. The number of phenols is 1. The van der Waals surface area contributed by atoms with E-state index in [0.29, 0.717) is 11.8 Å². The van der Waals surface area contributed by atoms with Gasteiger partial charge in [0.2, 0.25) is 0 Å². The fraction of sp³-hybridized carbons (Fsp3) is 0.182. The lowest BCUT2D eigenvalue weighted by atomic mass is 10.3. The van der Waals surface area contributed by atoms with Gasteiger partial charge in [-0.3, -0.25) is 0 Å². The molecular weight excluding hydrogens is 192 g/mol. The fourth-order valence-electron chi connectivity index (χ4n) is 1.29. The molecule has 0 unspecified atom stereocenters. The molecule has 0 atom stereocenters. The lowest BCUT2D eigenvalue weighted by Crippen LogP contribution is -1.96. The molecule has 0 saturated carbocycles. The molecule has 78 valence electrons. The molecule has 1 heterocycles. The molecule has 0 aliphatic rings. The number of rotatable bonds is 3. The summed E-state index contributed by atoms with van der Waals surface area (Å²) in [5.74, 6) is 0.762. The molecule has 0 aliphatic heterocycles. The van der Waals surface area contributed by atoms with Crippen molar-refractivity contribution in [2.24, 2.45) is 0 Å². The molecule has 0 spiro atoms. The van der Waals surface area contributed by atoms with Crippen molar-refractivity contribution in [3.63, 3.8) is 0 Å². The first-order chi connectivity index (χ1) is 7.29. The summed E-state index contributed by atoms with van der Waals surface area (Å²) in [6.45, 7) is 2.81. The molecule has 1 aromatic carbocycles. The van der Waals surface area contributed by atoms with Crippen LogP contribution in [0, 0.1) is 0 Å². The van der Waals surface area contributed by atoms with Gasteiger partial charge in [0.15, 0.2) is 0 Å². The van der Waals surface area contributed by atoms with Gasteiger partial charge in [-0.2, -0.15) is 0 Å². The molecule has 2 rings (SSSR count). The molecule has 0 fully saturated rings. The zero-order chi connectivity index (χ0) is 10.7. The lowest BCUT2D eigenvalue weighted by Gasteiger charge is -2.06. The van der Waals surface area contributed by atoms with E-state index in [-0.39, 0.29) is 5.75 Å². The first-order valence-corrected chi connectivity index (χ1v) is 4.77. The number of aromatic nitrogens is 2. The Morgan fingerprint density at radius 1 is 1.47 bits per heavy atom. The van der Waals surface area contributed by atoms with Crippen molar-refractivity contribution < 1.29 is 9.84 Å². The van der Waals surface area contributed by atoms with E-state index in [1.807, 2.05) is 17.7 Å². The third kappa shape index (κ3) is 2.10. The first-order valence-electron chi connectivity index (χ1n) is 4.77. The molecule has 4 heteroatoms. The number of ether oxygens (including phenoxy) is 1. The van der Waals surface area contributed by atoms with Gasteiger partial charge in [-0.25, -0.2) is 4.98 Å². The first kappa shape index (κ1) is 9.58. The highest BCUT2D eigenvalue weighted by atomic mass is 16.5. The van der Waals surface area contributed by atoms with E-state index >= 15 is 0 Å². The molecular formula is C11H12N2O2. The van der Waals surface area contributed by atoms with Gasteiger partial charge in [0.25, 0.3) is 0 Å². The number of hydrogen-bond donors (Lipinski definition) is 1. The van der Waals surface area contributed by atoms with E-state index in [0.717, 1.165) is 6.54 Å². The van der Waals surface area contributed by atoms with Crippen molar-refractivity contribution >= 4 is 0 Å². The third-order valence-electron chi connectivity index (χ3n) is 2.04. The van der Waals surface area contributed by atoms with Gasteiger partial charge in [-0.1, -0.05) is 6.07 Å². The quantitative estimate of drug-likeness (QED) is 0.835. The molecule has 2 aromatic rings. The molecule has 0 saturated heterocycles. The van der Waals surface area contributed by atoms with Crippen molar-refractivity contribution in [1.82, 2.24) is 9.55 Å². The third-order valence-corrected chi connectivity index (χ3v) is 2.04. The second-order valence-electron chi connectivity index (χ2n) is 3.10. The maximum absolute atomic E-state index is 9.26. The zero-order valence-electron chi connectivity index (χ0n) is 8.42. The SMILES string of the molecule is CCn1ccnc1Oc1cccc(O)c1. The van der Waals surface area contributed by atoms with Crippen LogP contribution >= 0.6 is 0 Å². The summed E-state index contributed by atoms with van der Waals surface area (Å²) in [5.41, 5.74) is 0. The molecule has 0 bridgehead atoms. The van der Waals surface area contributed by atoms with Crippen LogP contribution in [0.5, 0.6) is 17.5 Å². The smallest absolute Gasteiger partial charge is 0.301 e. The van der Waals surface area contributed by atoms with Crippen molar-refractivity contribution in [1.29, 1.82) is 0 Å². The Bertz CT molecular complexity index is 451. The van der Waals surface area contributed by atoms with Gasteiger partial charge < -0.3 is 14.4 Å². The van der Waals surface area contributed by atoms with Crippen LogP contribution in [0.1, 0.15) is 6.92 Å². The second kappa shape index (κ2) is 4.04. The van der Waals surface area contributed by atoms with E-state index in [1.165, 1.54) is 0 Å². The summed E-state index contributed by atoms with van der Waals surface area (Å²) >= 11 is 0. The van der Waals surface area contributed by atoms with Gasteiger partial charge in [0.1, 0.15) is 11.5 Å². The Labute approximate surface area is 87.8 Å². The van der Waals surface area contributed by atoms with Crippen molar-refractivity contribution in [2.75, 3.05) is 0 Å². The fourth-order valence-corrected chi connectivity index (χ4v) is 1.29. The molecule has 4 nitrogen and oxygen atoms in total. The highest BCUT2D eigenvalue weighted by Gasteiger charge is 2.03. The summed E-state index contributed by atoms with van der Waals surface area (Å²) < 4.78 is 7.39. The van der Waals surface area contributed by atoms with Crippen LogP contribution in [0.4, 0.5) is 0 Å². The Morgan fingerprint density at radius 3 is 3.07 bits per heavy atom. The predicted octanol–water partition coefficient (Wildman–Crippen LogP) is 2.40. The maximum Gasteiger partial charge on any atom is 0.301 e. The highest BCUT2D eigenvalue weighted by molar-refractivity contribution is 5.33. The summed E-state index contributed by atoms with van der Waals surface area (Å²) in [6, 6.07) is 7.18. The standard InChI is InChI=1S/C11H12N2O2/c1-2-13-7-6-12-11(13)15-10-5-3-4-9(14)8-10/h3-8,14H,2H2,1H3. The van der Waals surface area contributed by atoms with E-state index < -0.39 is 0 Å². The molecule has 0 amide bonds. The number of benzene rings is 1. The van der Waals surface area contributed by atoms with E-state index in [2.05, 4.69) is 4.98 Å². The van der Waals surface area contributed by atoms with E-state index in [4.69, 9.17) is 4.74 Å². The Morgan fingerprint density at radius 2 is 2.33 bits per heavy atom. The van der Waals surface area contributed by atoms with Gasteiger partial charge in [-0.15, -0.1) is 0 Å². The average Bonchev–Trinajstić information content (AvgIpc) is 2.65. The molecule has 1 aromatic heterocycles. The summed E-state index contributed by atoms with van der Waals surface area (Å²) in [7, 11) is 0. The molecule has 1 N–H and O–H groups in total. The molecule has 0 aliphatic carbocycles. The van der Waals surface area contributed by atoms with Crippen LogP contribution in [0.25, 0.3) is 0 Å². The number of nitrogens with zero attached hydrogens (tertiary/aromatic N) is 2. The molecule has 15 heavy (non-hydrogen) atoms. The topological polar surface area (TPSA) is 47.3 Å². The van der Waals surface area contributed by atoms with Crippen LogP contribution in [-0.2, 0) is 6.54 Å². The number of phenolic OH excluding ortho intramolecular Hbond substituents is 1. The minimum absolute atomic E-state index is 0.183. The monoisotopic (exact) mass is 204 g/mol. The van der Waals surface area contributed by atoms with Gasteiger partial charge in [0.05, 0.1) is 0 Å². The lowest BCUT2D eigenvalue weighted by molar-refractivity contribution is 0.409. The van der Waals surface area contributed by atoms with Crippen LogP contribution in [0.3, 0.4) is 0 Å². The number of aromatic hydroxyl groups is 1. The summed E-state index contributed by atoms with van der Waals surface area (Å²) in [5, 5.41) is 9.26. The Balaban J connectivity index is 2.22. The minimum atomic E-state index is 0.183. The van der Waals surface area contributed by atoms with Crippen molar-refractivity contribution in [3.05, 3.63) is 36.7 Å². The zero-order valence-corrected chi connectivity index (χ0v) is 8.42. The average molecular weight is 204 g/mol. The van der Waals surface area contributed by atoms with E-state index in [1.54, 1.807) is 30.5 Å². The number of hydrogen-bond acceptors (Lipinski definition) is 3. The van der Waals surface area contributed by atoms with Crippen LogP contribution in [0.15, 0.2) is 36.7 Å². The van der Waals surface area contributed by atoms with Crippen LogP contribution in [0.2, 0.25) is 0 Å². The van der Waals surface area contributed by atoms with Gasteiger partial charge >= 0.3 is 6.01 Å². The Kier molecular flexibility index (Phi) is 2.58. The summed E-state index contributed by atoms with van der Waals surface area (Å²) in [4.78, 5) is 4.07. The van der Waals surface area contributed by atoms with E-state index in [9.17, 15) is 5.11 Å². The van der Waals surface area contributed by atoms with Gasteiger partial charge in [-0.05, 0) is 19.1 Å². The minimum Gasteiger partial charge on any atom is -0.508 e. The van der Waals surface area contributed by atoms with Crippen molar-refractivity contribution in [2.45, 2.75) is 13.5 Å². The molecule has 0 radical (unpaired) electrons. The highest BCUT2D eigenvalue weighted by Crippen LogP contribution is 2.23. The predicted molar refractivity (Wildman–Crippen MR) is 56.1 cm³/mol. The number of aryl methyl sites for hydroxylation is 1. The second-order valence-corrected chi connectivity index (χ2v) is 3.10.